The number of ether oxygens (including phenoxy) is 2. The van der Waals surface area contributed by atoms with Gasteiger partial charge in [-0.15, -0.1) is 0 Å². The maximum atomic E-state index is 12.1. The van der Waals surface area contributed by atoms with E-state index in [0.717, 1.165) is 4.31 Å². The first kappa shape index (κ1) is 19.9. The minimum absolute atomic E-state index is 0.0117. The summed E-state index contributed by atoms with van der Waals surface area (Å²) in [5, 5.41) is -0.247. The molecule has 1 heterocycles. The second-order valence-electron chi connectivity index (χ2n) is 5.37. The normalized spacial score (nSPS) is 11.8. The lowest BCUT2D eigenvalue weighted by Crippen LogP contribution is -2.21. The summed E-state index contributed by atoms with van der Waals surface area (Å²) in [7, 11) is -0.955. The molecule has 26 heavy (non-hydrogen) atoms. The van der Waals surface area contributed by atoms with Crippen LogP contribution in [0.15, 0.2) is 45.9 Å². The third-order valence-electron chi connectivity index (χ3n) is 3.24. The molecule has 2 aromatic rings. The van der Waals surface area contributed by atoms with Crippen LogP contribution in [0.1, 0.15) is 11.3 Å². The number of nitrogens with zero attached hydrogens (tertiary/aromatic N) is 1. The Hall–Kier alpha value is -2.46. The first-order chi connectivity index (χ1) is 12.2. The molecule has 0 N–H and O–H groups in total. The van der Waals surface area contributed by atoms with Gasteiger partial charge in [0.15, 0.2) is 0 Å². The molecule has 0 unspecified atom stereocenters. The number of benzene rings is 1. The van der Waals surface area contributed by atoms with Crippen molar-refractivity contribution in [3.63, 3.8) is 0 Å². The van der Waals surface area contributed by atoms with Gasteiger partial charge in [-0.05, 0) is 29.8 Å². The summed E-state index contributed by atoms with van der Waals surface area (Å²) in [6.07, 6.45) is -0.0848. The second kappa shape index (κ2) is 8.28. The second-order valence-corrected chi connectivity index (χ2v) is 7.45. The number of carbonyl (C=O) groups is 1. The molecule has 0 spiro atoms. The number of rotatable bonds is 8. The molecule has 0 fully saturated rings. The van der Waals surface area contributed by atoms with Crippen LogP contribution in [0.25, 0.3) is 0 Å². The van der Waals surface area contributed by atoms with E-state index in [4.69, 9.17) is 9.15 Å². The van der Waals surface area contributed by atoms with Crippen molar-refractivity contribution in [3.05, 3.63) is 47.7 Å². The fraction of sp³-hybridized carbons (Fsp3) is 0.312. The Morgan fingerprint density at radius 2 is 1.81 bits per heavy atom. The van der Waals surface area contributed by atoms with Gasteiger partial charge in [-0.2, -0.15) is 8.78 Å². The maximum Gasteiger partial charge on any atom is 0.387 e. The molecule has 0 aliphatic carbocycles. The number of furan rings is 1. The van der Waals surface area contributed by atoms with Crippen LogP contribution in [-0.2, 0) is 32.6 Å². The summed E-state index contributed by atoms with van der Waals surface area (Å²) < 4.78 is 63.3. The van der Waals surface area contributed by atoms with Gasteiger partial charge in [0.25, 0.3) is 10.0 Å². The average molecular weight is 389 g/mol. The Morgan fingerprint density at radius 3 is 2.38 bits per heavy atom. The third kappa shape index (κ3) is 5.27. The van der Waals surface area contributed by atoms with Crippen LogP contribution in [0.2, 0.25) is 0 Å². The SMILES string of the molecule is CN(C)S(=O)(=O)c1ccc(COC(=O)Cc2ccc(OC(F)F)cc2)o1. The monoisotopic (exact) mass is 389 g/mol. The van der Waals surface area contributed by atoms with Crippen LogP contribution in [-0.4, -0.2) is 39.4 Å². The summed E-state index contributed by atoms with van der Waals surface area (Å²) in [5.41, 5.74) is 0.548. The number of hydrogen-bond acceptors (Lipinski definition) is 6. The van der Waals surface area contributed by atoms with Crippen molar-refractivity contribution < 1.29 is 35.9 Å². The molecule has 7 nitrogen and oxygen atoms in total. The zero-order chi connectivity index (χ0) is 19.3. The number of alkyl halides is 2. The topological polar surface area (TPSA) is 86.0 Å². The van der Waals surface area contributed by atoms with Gasteiger partial charge < -0.3 is 13.9 Å². The van der Waals surface area contributed by atoms with Gasteiger partial charge >= 0.3 is 12.6 Å². The van der Waals surface area contributed by atoms with Crippen LogP contribution < -0.4 is 4.74 Å². The van der Waals surface area contributed by atoms with Crippen molar-refractivity contribution in [2.24, 2.45) is 0 Å². The summed E-state index contributed by atoms with van der Waals surface area (Å²) in [6, 6.07) is 8.25. The molecular formula is C16H17F2NO6S. The van der Waals surface area contributed by atoms with E-state index < -0.39 is 22.6 Å². The van der Waals surface area contributed by atoms with E-state index in [2.05, 4.69) is 4.74 Å². The highest BCUT2D eigenvalue weighted by molar-refractivity contribution is 7.88. The summed E-state index contributed by atoms with van der Waals surface area (Å²) in [4.78, 5) is 11.8. The number of carbonyl (C=O) groups excluding carboxylic acids is 1. The van der Waals surface area contributed by atoms with Crippen LogP contribution in [0.3, 0.4) is 0 Å². The first-order valence-corrected chi connectivity index (χ1v) is 8.83. The lowest BCUT2D eigenvalue weighted by Gasteiger charge is -2.08. The highest BCUT2D eigenvalue weighted by Crippen LogP contribution is 2.18. The largest absolute Gasteiger partial charge is 0.457 e. The molecule has 0 atom stereocenters. The van der Waals surface area contributed by atoms with Crippen LogP contribution in [0.5, 0.6) is 5.75 Å². The van der Waals surface area contributed by atoms with E-state index in [-0.39, 0.29) is 29.6 Å². The smallest absolute Gasteiger partial charge is 0.387 e. The van der Waals surface area contributed by atoms with E-state index in [9.17, 15) is 22.0 Å². The van der Waals surface area contributed by atoms with Crippen molar-refractivity contribution in [2.75, 3.05) is 14.1 Å². The van der Waals surface area contributed by atoms with E-state index in [1.165, 1.54) is 50.5 Å². The Labute approximate surface area is 149 Å². The standard InChI is InChI=1S/C16H17F2NO6S/c1-19(2)26(21,22)15-8-7-13(24-15)10-23-14(20)9-11-3-5-12(6-4-11)25-16(17)18/h3-8,16H,9-10H2,1-2H3. The van der Waals surface area contributed by atoms with Gasteiger partial charge in [0, 0.05) is 14.1 Å². The van der Waals surface area contributed by atoms with E-state index in [0.29, 0.717) is 5.56 Å². The zero-order valence-electron chi connectivity index (χ0n) is 14.0. The summed E-state index contributed by atoms with van der Waals surface area (Å²) in [6.45, 7) is -3.14. The molecule has 0 bridgehead atoms. The minimum Gasteiger partial charge on any atom is -0.457 e. The summed E-state index contributed by atoms with van der Waals surface area (Å²) >= 11 is 0. The molecule has 0 saturated carbocycles. The van der Waals surface area contributed by atoms with Gasteiger partial charge in [-0.3, -0.25) is 4.79 Å². The molecule has 1 aromatic heterocycles. The number of sulfonamides is 1. The van der Waals surface area contributed by atoms with Crippen molar-refractivity contribution in [1.82, 2.24) is 4.31 Å². The van der Waals surface area contributed by atoms with Crippen LogP contribution in [0.4, 0.5) is 8.78 Å². The highest BCUT2D eigenvalue weighted by Gasteiger charge is 2.21. The van der Waals surface area contributed by atoms with Crippen molar-refractivity contribution in [1.29, 1.82) is 0 Å². The lowest BCUT2D eigenvalue weighted by molar-refractivity contribution is -0.144. The predicted molar refractivity (Wildman–Crippen MR) is 86.2 cm³/mol. The van der Waals surface area contributed by atoms with Gasteiger partial charge in [0.1, 0.15) is 18.1 Å². The molecule has 0 amide bonds. The maximum absolute atomic E-state index is 12.1. The molecule has 0 aliphatic rings. The van der Waals surface area contributed by atoms with E-state index in [1.807, 2.05) is 0 Å². The Bertz CT molecular complexity index is 846. The molecule has 0 radical (unpaired) electrons. The van der Waals surface area contributed by atoms with Crippen LogP contribution >= 0.6 is 0 Å². The zero-order valence-corrected chi connectivity index (χ0v) is 14.8. The molecular weight excluding hydrogens is 372 g/mol. The number of hydrogen-bond donors (Lipinski definition) is 0. The van der Waals surface area contributed by atoms with Gasteiger partial charge in [-0.25, -0.2) is 12.7 Å². The van der Waals surface area contributed by atoms with Crippen molar-refractivity contribution in [3.8, 4) is 5.75 Å². The highest BCUT2D eigenvalue weighted by atomic mass is 32.2. The van der Waals surface area contributed by atoms with E-state index >= 15 is 0 Å². The van der Waals surface area contributed by atoms with E-state index in [1.54, 1.807) is 0 Å². The Balaban J connectivity index is 1.88. The number of esters is 1. The van der Waals surface area contributed by atoms with Gasteiger partial charge in [0.05, 0.1) is 6.42 Å². The quantitative estimate of drug-likeness (QED) is 0.645. The fourth-order valence-electron chi connectivity index (χ4n) is 1.91. The Kier molecular flexibility index (Phi) is 6.32. The summed E-state index contributed by atoms with van der Waals surface area (Å²) in [5.74, 6) is -0.414. The fourth-order valence-corrected chi connectivity index (χ4v) is 2.72. The van der Waals surface area contributed by atoms with Crippen molar-refractivity contribution >= 4 is 16.0 Å². The molecule has 1 aromatic carbocycles. The predicted octanol–water partition coefficient (Wildman–Crippen LogP) is 2.42. The van der Waals surface area contributed by atoms with Crippen molar-refractivity contribution in [2.45, 2.75) is 24.7 Å². The van der Waals surface area contributed by atoms with Crippen LogP contribution in [0, 0.1) is 0 Å². The lowest BCUT2D eigenvalue weighted by atomic mass is 10.1. The van der Waals surface area contributed by atoms with Gasteiger partial charge in [0.2, 0.25) is 5.09 Å². The molecule has 10 heteroatoms. The minimum atomic E-state index is -3.70. The molecule has 0 aliphatic heterocycles. The Morgan fingerprint density at radius 1 is 1.15 bits per heavy atom. The first-order valence-electron chi connectivity index (χ1n) is 7.39. The molecule has 142 valence electrons. The number of halogens is 2. The molecule has 0 saturated heterocycles. The third-order valence-corrected chi connectivity index (χ3v) is 4.93. The average Bonchev–Trinajstić information content (AvgIpc) is 3.04. The molecule has 2 rings (SSSR count). The van der Waals surface area contributed by atoms with Gasteiger partial charge in [-0.1, -0.05) is 12.1 Å².